The molecule has 0 amide bonds. The van der Waals surface area contributed by atoms with Crippen LogP contribution in [0.1, 0.15) is 11.6 Å². The van der Waals surface area contributed by atoms with Gasteiger partial charge in [0.25, 0.3) is 0 Å². The summed E-state index contributed by atoms with van der Waals surface area (Å²) in [4.78, 5) is 15.8. The number of hydrogen-bond acceptors (Lipinski definition) is 3. The largest absolute Gasteiger partial charge is 0.397 e. The molecule has 1 N–H and O–H groups in total. The van der Waals surface area contributed by atoms with E-state index in [0.717, 1.165) is 21.6 Å². The smallest absolute Gasteiger partial charge is 0.337 e. The van der Waals surface area contributed by atoms with Crippen LogP contribution in [0.4, 0.5) is 13.2 Å². The summed E-state index contributed by atoms with van der Waals surface area (Å²) in [5.41, 5.74) is 2.62. The van der Waals surface area contributed by atoms with E-state index in [0.29, 0.717) is 17.0 Å². The van der Waals surface area contributed by atoms with Gasteiger partial charge in [-0.05, 0) is 33.6 Å². The fourth-order valence-corrected chi connectivity index (χ4v) is 3.27. The van der Waals surface area contributed by atoms with E-state index in [9.17, 15) is 13.2 Å². The van der Waals surface area contributed by atoms with E-state index in [2.05, 4.69) is 35.9 Å². The molecule has 1 aliphatic heterocycles. The van der Waals surface area contributed by atoms with Gasteiger partial charge in [0.1, 0.15) is 5.82 Å². The summed E-state index contributed by atoms with van der Waals surface area (Å²) < 4.78 is 40.5. The molecule has 2 unspecified atom stereocenters. The summed E-state index contributed by atoms with van der Waals surface area (Å²) >= 11 is 3.35. The van der Waals surface area contributed by atoms with E-state index < -0.39 is 18.1 Å². The highest BCUT2D eigenvalue weighted by Crippen LogP contribution is 2.41. The molecule has 26 heavy (non-hydrogen) atoms. The lowest BCUT2D eigenvalue weighted by atomic mass is 9.90. The fourth-order valence-electron chi connectivity index (χ4n) is 2.94. The minimum Gasteiger partial charge on any atom is -0.337 e. The number of alkyl halides is 3. The lowest BCUT2D eigenvalue weighted by Gasteiger charge is -2.26. The first-order valence-corrected chi connectivity index (χ1v) is 8.59. The van der Waals surface area contributed by atoms with Gasteiger partial charge in [-0.15, -0.1) is 0 Å². The van der Waals surface area contributed by atoms with Gasteiger partial charge in [-0.3, -0.25) is 4.99 Å². The molecular weight excluding hydrogens is 409 g/mol. The molecule has 2 aromatic heterocycles. The summed E-state index contributed by atoms with van der Waals surface area (Å²) in [5, 5.41) is 0. The highest BCUT2D eigenvalue weighted by atomic mass is 79.9. The summed E-state index contributed by atoms with van der Waals surface area (Å²) in [7, 11) is 0. The Morgan fingerprint density at radius 3 is 2.62 bits per heavy atom. The summed E-state index contributed by atoms with van der Waals surface area (Å²) in [6.45, 7) is 0. The number of benzene rings is 1. The van der Waals surface area contributed by atoms with Crippen molar-refractivity contribution < 1.29 is 13.2 Å². The van der Waals surface area contributed by atoms with Crippen molar-refractivity contribution in [2.45, 2.75) is 12.2 Å². The number of halogens is 4. The Morgan fingerprint density at radius 2 is 1.88 bits per heavy atom. The second-order valence-corrected chi connectivity index (χ2v) is 6.84. The van der Waals surface area contributed by atoms with E-state index in [1.807, 2.05) is 6.07 Å². The van der Waals surface area contributed by atoms with Gasteiger partial charge in [0.15, 0.2) is 5.65 Å². The standard InChI is InChI=1S/C18H12BrF3N4/c19-12-8-14-17(24-9-12)26-16(25-14)11-5-3-10(4-6-11)15-13(18(20,21)22)2-1-7-23-15/h1-9,13,15H,(H,24,25,26). The molecule has 3 aromatic rings. The molecule has 132 valence electrons. The van der Waals surface area contributed by atoms with Gasteiger partial charge in [0, 0.05) is 22.4 Å². The quantitative estimate of drug-likeness (QED) is 0.615. The highest BCUT2D eigenvalue weighted by Gasteiger charge is 2.44. The van der Waals surface area contributed by atoms with Crippen LogP contribution < -0.4 is 0 Å². The maximum absolute atomic E-state index is 13.2. The van der Waals surface area contributed by atoms with E-state index in [1.54, 1.807) is 30.5 Å². The normalized spacial score (nSPS) is 20.0. The van der Waals surface area contributed by atoms with Crippen molar-refractivity contribution >= 4 is 33.3 Å². The number of H-pyrrole nitrogens is 1. The number of aromatic nitrogens is 3. The molecule has 0 saturated carbocycles. The first kappa shape index (κ1) is 17.0. The van der Waals surface area contributed by atoms with E-state index in [-0.39, 0.29) is 0 Å². The minimum atomic E-state index is -4.34. The molecule has 0 radical (unpaired) electrons. The van der Waals surface area contributed by atoms with Crippen molar-refractivity contribution in [2.24, 2.45) is 10.9 Å². The van der Waals surface area contributed by atoms with Crippen molar-refractivity contribution in [1.29, 1.82) is 0 Å². The van der Waals surface area contributed by atoms with Crippen molar-refractivity contribution in [3.05, 3.63) is 58.7 Å². The van der Waals surface area contributed by atoms with Crippen LogP contribution in [0.25, 0.3) is 22.6 Å². The molecule has 0 spiro atoms. The second kappa shape index (κ2) is 6.35. The maximum Gasteiger partial charge on any atom is 0.397 e. The topological polar surface area (TPSA) is 53.9 Å². The van der Waals surface area contributed by atoms with Crippen LogP contribution in [0.15, 0.2) is 58.1 Å². The van der Waals surface area contributed by atoms with Gasteiger partial charge < -0.3 is 4.98 Å². The SMILES string of the molecule is FC(F)(F)C1C=CC=NC1c1ccc(-c2nc3ncc(Br)cc3[nH]2)cc1. The third-order valence-electron chi connectivity index (χ3n) is 4.20. The van der Waals surface area contributed by atoms with Crippen LogP contribution in [0, 0.1) is 5.92 Å². The van der Waals surface area contributed by atoms with Crippen LogP contribution in [0.5, 0.6) is 0 Å². The molecule has 4 rings (SSSR count). The molecule has 0 fully saturated rings. The number of aromatic amines is 1. The van der Waals surface area contributed by atoms with Gasteiger partial charge in [-0.1, -0.05) is 30.3 Å². The average Bonchev–Trinajstić information content (AvgIpc) is 3.04. The van der Waals surface area contributed by atoms with Gasteiger partial charge in [0.05, 0.1) is 17.5 Å². The number of allylic oxidation sites excluding steroid dienone is 1. The fraction of sp³-hybridized carbons (Fsp3) is 0.167. The number of pyridine rings is 1. The molecule has 0 aliphatic carbocycles. The molecule has 0 bridgehead atoms. The predicted octanol–water partition coefficient (Wildman–Crippen LogP) is 5.25. The molecule has 1 aromatic carbocycles. The zero-order valence-electron chi connectivity index (χ0n) is 13.2. The van der Waals surface area contributed by atoms with Crippen molar-refractivity contribution in [1.82, 2.24) is 15.0 Å². The zero-order chi connectivity index (χ0) is 18.3. The number of nitrogens with zero attached hydrogens (tertiary/aromatic N) is 3. The molecule has 3 heterocycles. The Bertz CT molecular complexity index is 1010. The van der Waals surface area contributed by atoms with Crippen LogP contribution in [0.3, 0.4) is 0 Å². The molecule has 1 aliphatic rings. The third-order valence-corrected chi connectivity index (χ3v) is 4.63. The Kier molecular flexibility index (Phi) is 4.14. The summed E-state index contributed by atoms with van der Waals surface area (Å²) in [6, 6.07) is 7.69. The molecule has 2 atom stereocenters. The highest BCUT2D eigenvalue weighted by molar-refractivity contribution is 9.10. The maximum atomic E-state index is 13.2. The molecule has 0 saturated heterocycles. The number of hydrogen-bond donors (Lipinski definition) is 1. The van der Waals surface area contributed by atoms with Crippen molar-refractivity contribution in [3.63, 3.8) is 0 Å². The zero-order valence-corrected chi connectivity index (χ0v) is 14.8. The van der Waals surface area contributed by atoms with Gasteiger partial charge in [-0.25, -0.2) is 9.97 Å². The van der Waals surface area contributed by atoms with Gasteiger partial charge >= 0.3 is 6.18 Å². The number of imidazole rings is 1. The van der Waals surface area contributed by atoms with Crippen molar-refractivity contribution in [3.8, 4) is 11.4 Å². The summed E-state index contributed by atoms with van der Waals surface area (Å²) in [6.07, 6.45) is 1.21. The number of rotatable bonds is 2. The lowest BCUT2D eigenvalue weighted by Crippen LogP contribution is -2.28. The lowest BCUT2D eigenvalue weighted by molar-refractivity contribution is -0.166. The molecule has 4 nitrogen and oxygen atoms in total. The molecular formula is C18H12BrF3N4. The number of nitrogens with one attached hydrogen (secondary N) is 1. The monoisotopic (exact) mass is 420 g/mol. The number of fused-ring (bicyclic) bond motifs is 1. The van der Waals surface area contributed by atoms with E-state index >= 15 is 0 Å². The van der Waals surface area contributed by atoms with Crippen LogP contribution in [-0.4, -0.2) is 27.3 Å². The summed E-state index contributed by atoms with van der Waals surface area (Å²) in [5.74, 6) is -1.01. The van der Waals surface area contributed by atoms with Crippen LogP contribution in [0.2, 0.25) is 0 Å². The number of dihydropyridines is 1. The average molecular weight is 421 g/mol. The Balaban J connectivity index is 1.65. The van der Waals surface area contributed by atoms with Crippen LogP contribution >= 0.6 is 15.9 Å². The van der Waals surface area contributed by atoms with Gasteiger partial charge in [-0.2, -0.15) is 13.2 Å². The second-order valence-electron chi connectivity index (χ2n) is 5.93. The van der Waals surface area contributed by atoms with Gasteiger partial charge in [0.2, 0.25) is 0 Å². The Labute approximate surface area is 155 Å². The Morgan fingerprint density at radius 1 is 1.12 bits per heavy atom. The minimum absolute atomic E-state index is 0.508. The van der Waals surface area contributed by atoms with E-state index in [1.165, 1.54) is 12.3 Å². The van der Waals surface area contributed by atoms with Crippen LogP contribution in [-0.2, 0) is 0 Å². The first-order chi connectivity index (χ1) is 12.4. The Hall–Kier alpha value is -2.48. The number of aliphatic imine (C=N–C) groups is 1. The third kappa shape index (κ3) is 3.16. The molecule has 8 heteroatoms. The van der Waals surface area contributed by atoms with Crippen molar-refractivity contribution in [2.75, 3.05) is 0 Å². The van der Waals surface area contributed by atoms with E-state index in [4.69, 9.17) is 0 Å². The predicted molar refractivity (Wildman–Crippen MR) is 96.9 cm³/mol. The first-order valence-electron chi connectivity index (χ1n) is 7.80.